The van der Waals surface area contributed by atoms with Crippen LogP contribution in [0.25, 0.3) is 0 Å². The molecule has 0 amide bonds. The van der Waals surface area contributed by atoms with E-state index in [2.05, 4.69) is 11.9 Å². The summed E-state index contributed by atoms with van der Waals surface area (Å²) in [4.78, 5) is 2.54. The van der Waals surface area contributed by atoms with E-state index in [-0.39, 0.29) is 0 Å². The summed E-state index contributed by atoms with van der Waals surface area (Å²) in [6.07, 6.45) is 8.13. The summed E-state index contributed by atoms with van der Waals surface area (Å²) in [6.45, 7) is 1.29. The van der Waals surface area contributed by atoms with Gasteiger partial charge in [0.15, 0.2) is 0 Å². The van der Waals surface area contributed by atoms with Gasteiger partial charge in [0.25, 0.3) is 0 Å². The number of nitrogens with two attached hydrogens (primary N) is 1. The summed E-state index contributed by atoms with van der Waals surface area (Å²) in [5.74, 6) is 0.884. The molecule has 2 N–H and O–H groups in total. The Hall–Kier alpha value is -0.0800. The second-order valence-electron chi connectivity index (χ2n) is 4.96. The van der Waals surface area contributed by atoms with Crippen molar-refractivity contribution in [3.8, 4) is 0 Å². The van der Waals surface area contributed by atoms with Crippen LogP contribution in [0.1, 0.15) is 38.5 Å². The summed E-state index contributed by atoms with van der Waals surface area (Å²) in [6, 6.07) is 1.41. The first-order valence-electron chi connectivity index (χ1n) is 5.71. The number of hydrogen-bond donors (Lipinski definition) is 1. The highest BCUT2D eigenvalue weighted by Crippen LogP contribution is 2.29. The van der Waals surface area contributed by atoms with Crippen LogP contribution in [0.15, 0.2) is 0 Å². The van der Waals surface area contributed by atoms with Crippen LogP contribution in [0.3, 0.4) is 0 Å². The van der Waals surface area contributed by atoms with Crippen molar-refractivity contribution < 1.29 is 0 Å². The molecule has 0 heterocycles. The van der Waals surface area contributed by atoms with E-state index in [1.54, 1.807) is 0 Å². The second-order valence-corrected chi connectivity index (χ2v) is 4.96. The van der Waals surface area contributed by atoms with Gasteiger partial charge in [0.2, 0.25) is 0 Å². The molecule has 0 aliphatic heterocycles. The molecule has 2 aliphatic rings. The maximum Gasteiger partial charge on any atom is 0.00934 e. The number of hydrogen-bond acceptors (Lipinski definition) is 2. The van der Waals surface area contributed by atoms with Crippen LogP contribution in [-0.2, 0) is 0 Å². The van der Waals surface area contributed by atoms with E-state index in [1.165, 1.54) is 45.1 Å². The van der Waals surface area contributed by atoms with Gasteiger partial charge in [-0.2, -0.15) is 0 Å². The van der Waals surface area contributed by atoms with Crippen molar-refractivity contribution in [3.05, 3.63) is 0 Å². The van der Waals surface area contributed by atoms with Crippen molar-refractivity contribution in [2.45, 2.75) is 50.6 Å². The Labute approximate surface area is 81.5 Å². The zero-order valence-corrected chi connectivity index (χ0v) is 8.71. The summed E-state index contributed by atoms with van der Waals surface area (Å²) >= 11 is 0. The van der Waals surface area contributed by atoms with Crippen LogP contribution in [0, 0.1) is 5.92 Å². The molecule has 2 rings (SSSR count). The van der Waals surface area contributed by atoms with Crippen LogP contribution < -0.4 is 5.73 Å². The van der Waals surface area contributed by atoms with E-state index >= 15 is 0 Å². The first-order valence-corrected chi connectivity index (χ1v) is 5.71. The summed E-state index contributed by atoms with van der Waals surface area (Å²) in [5.41, 5.74) is 5.97. The molecule has 0 aromatic carbocycles. The van der Waals surface area contributed by atoms with Crippen molar-refractivity contribution >= 4 is 0 Å². The minimum absolute atomic E-state index is 0.492. The Morgan fingerprint density at radius 1 is 1.23 bits per heavy atom. The van der Waals surface area contributed by atoms with Crippen molar-refractivity contribution in [2.75, 3.05) is 13.6 Å². The van der Waals surface area contributed by atoms with Crippen molar-refractivity contribution in [3.63, 3.8) is 0 Å². The molecule has 2 unspecified atom stereocenters. The lowest BCUT2D eigenvalue weighted by Gasteiger charge is -2.30. The monoisotopic (exact) mass is 182 g/mol. The molecule has 2 saturated carbocycles. The molecule has 2 fully saturated rings. The van der Waals surface area contributed by atoms with Crippen LogP contribution in [0.4, 0.5) is 0 Å². The molecule has 2 aliphatic carbocycles. The van der Waals surface area contributed by atoms with E-state index in [4.69, 9.17) is 5.73 Å². The van der Waals surface area contributed by atoms with Crippen molar-refractivity contribution in [2.24, 2.45) is 11.7 Å². The lowest BCUT2D eigenvalue weighted by atomic mass is 9.86. The molecular formula is C11H22N2. The Kier molecular flexibility index (Phi) is 2.89. The standard InChI is InChI=1S/C11H22N2/c1-13(11-5-6-11)8-9-3-2-4-10(12)7-9/h9-11H,2-8,12H2,1H3. The zero-order valence-electron chi connectivity index (χ0n) is 8.71. The molecule has 0 bridgehead atoms. The van der Waals surface area contributed by atoms with E-state index < -0.39 is 0 Å². The second kappa shape index (κ2) is 3.97. The van der Waals surface area contributed by atoms with Gasteiger partial charge in [-0.15, -0.1) is 0 Å². The highest BCUT2D eigenvalue weighted by atomic mass is 15.2. The van der Waals surface area contributed by atoms with Gasteiger partial charge >= 0.3 is 0 Å². The average molecular weight is 182 g/mol. The van der Waals surface area contributed by atoms with E-state index in [0.29, 0.717) is 6.04 Å². The molecule has 76 valence electrons. The first-order chi connectivity index (χ1) is 6.25. The lowest BCUT2D eigenvalue weighted by molar-refractivity contribution is 0.215. The van der Waals surface area contributed by atoms with E-state index in [0.717, 1.165) is 12.0 Å². The molecule has 0 saturated heterocycles. The fourth-order valence-electron chi connectivity index (χ4n) is 2.57. The highest BCUT2D eigenvalue weighted by molar-refractivity contribution is 4.85. The van der Waals surface area contributed by atoms with Gasteiger partial charge in [-0.3, -0.25) is 0 Å². The van der Waals surface area contributed by atoms with E-state index in [9.17, 15) is 0 Å². The molecule has 0 aromatic heterocycles. The maximum atomic E-state index is 5.97. The lowest BCUT2D eigenvalue weighted by Crippen LogP contribution is -2.35. The van der Waals surface area contributed by atoms with Gasteiger partial charge in [0.05, 0.1) is 0 Å². The molecule has 0 aromatic rings. The van der Waals surface area contributed by atoms with Crippen molar-refractivity contribution in [1.82, 2.24) is 4.90 Å². The Bertz CT molecular complexity index is 165. The fraction of sp³-hybridized carbons (Fsp3) is 1.00. The third-order valence-corrected chi connectivity index (χ3v) is 3.54. The van der Waals surface area contributed by atoms with Gasteiger partial charge in [-0.25, -0.2) is 0 Å². The van der Waals surface area contributed by atoms with Gasteiger partial charge in [-0.05, 0) is 45.1 Å². The third-order valence-electron chi connectivity index (χ3n) is 3.54. The molecule has 2 nitrogen and oxygen atoms in total. The molecule has 2 atom stereocenters. The molecule has 13 heavy (non-hydrogen) atoms. The third kappa shape index (κ3) is 2.68. The Morgan fingerprint density at radius 3 is 2.62 bits per heavy atom. The number of nitrogens with zero attached hydrogens (tertiary/aromatic N) is 1. The van der Waals surface area contributed by atoms with Gasteiger partial charge in [0, 0.05) is 18.6 Å². The van der Waals surface area contributed by atoms with Crippen molar-refractivity contribution in [1.29, 1.82) is 0 Å². The topological polar surface area (TPSA) is 29.3 Å². The van der Waals surface area contributed by atoms with Crippen LogP contribution in [0.2, 0.25) is 0 Å². The average Bonchev–Trinajstić information content (AvgIpc) is 2.85. The molecule has 2 heteroatoms. The molecular weight excluding hydrogens is 160 g/mol. The van der Waals surface area contributed by atoms with Gasteiger partial charge in [-0.1, -0.05) is 6.42 Å². The highest BCUT2D eigenvalue weighted by Gasteiger charge is 2.29. The Balaban J connectivity index is 1.73. The number of rotatable bonds is 3. The summed E-state index contributed by atoms with van der Waals surface area (Å²) < 4.78 is 0. The molecule has 0 radical (unpaired) electrons. The van der Waals surface area contributed by atoms with Crippen LogP contribution >= 0.6 is 0 Å². The minimum Gasteiger partial charge on any atom is -0.328 e. The zero-order chi connectivity index (χ0) is 9.26. The quantitative estimate of drug-likeness (QED) is 0.718. The Morgan fingerprint density at radius 2 is 2.00 bits per heavy atom. The largest absolute Gasteiger partial charge is 0.328 e. The first kappa shape index (κ1) is 9.47. The van der Waals surface area contributed by atoms with E-state index in [1.807, 2.05) is 0 Å². The minimum atomic E-state index is 0.492. The van der Waals surface area contributed by atoms with Crippen LogP contribution in [0.5, 0.6) is 0 Å². The normalized spacial score (nSPS) is 35.3. The predicted octanol–water partition coefficient (Wildman–Crippen LogP) is 1.60. The molecule has 0 spiro atoms. The smallest absolute Gasteiger partial charge is 0.00934 e. The van der Waals surface area contributed by atoms with Gasteiger partial charge in [0.1, 0.15) is 0 Å². The summed E-state index contributed by atoms with van der Waals surface area (Å²) in [7, 11) is 2.28. The predicted molar refractivity (Wildman–Crippen MR) is 55.6 cm³/mol. The van der Waals surface area contributed by atoms with Gasteiger partial charge < -0.3 is 10.6 Å². The maximum absolute atomic E-state index is 5.97. The van der Waals surface area contributed by atoms with Crippen LogP contribution in [-0.4, -0.2) is 30.6 Å². The SMILES string of the molecule is CN(CC1CCCC(N)C1)C1CC1. The summed E-state index contributed by atoms with van der Waals surface area (Å²) in [5, 5.41) is 0. The fourth-order valence-corrected chi connectivity index (χ4v) is 2.57.